The molecule has 1 aromatic carbocycles. The first-order chi connectivity index (χ1) is 13.3. The van der Waals surface area contributed by atoms with Crippen LogP contribution in [0.25, 0.3) is 0 Å². The largest absolute Gasteiger partial charge is 0.466 e. The highest BCUT2D eigenvalue weighted by Crippen LogP contribution is 2.48. The summed E-state index contributed by atoms with van der Waals surface area (Å²) in [6, 6.07) is 0. The van der Waals surface area contributed by atoms with Crippen molar-refractivity contribution < 1.29 is 19.1 Å². The normalized spacial score (nSPS) is 10.8. The number of benzene rings is 1. The molecule has 0 aliphatic carbocycles. The third kappa shape index (κ3) is 8.54. The Labute approximate surface area is 190 Å². The van der Waals surface area contributed by atoms with Gasteiger partial charge in [0.15, 0.2) is 5.75 Å². The highest BCUT2D eigenvalue weighted by Gasteiger charge is 2.22. The number of unbranched alkanes of at least 4 members (excludes halogenated alkanes) is 5. The Kier molecular flexibility index (Phi) is 12.6. The third-order valence-corrected chi connectivity index (χ3v) is 6.15. The van der Waals surface area contributed by atoms with Gasteiger partial charge in [0.25, 0.3) is 0 Å². The van der Waals surface area contributed by atoms with Gasteiger partial charge in [0, 0.05) is 12.8 Å². The van der Waals surface area contributed by atoms with Gasteiger partial charge in [-0.2, -0.15) is 0 Å². The van der Waals surface area contributed by atoms with Gasteiger partial charge < -0.3 is 9.47 Å². The first-order valence-electron chi connectivity index (χ1n) is 9.17. The van der Waals surface area contributed by atoms with E-state index in [1.54, 1.807) is 0 Å². The maximum Gasteiger partial charge on any atom is 0.311 e. The highest BCUT2D eigenvalue weighted by molar-refractivity contribution is 6.55. The lowest BCUT2D eigenvalue weighted by atomic mass is 10.1. The van der Waals surface area contributed by atoms with Crippen LogP contribution in [-0.2, 0) is 14.3 Å². The smallest absolute Gasteiger partial charge is 0.311 e. The molecule has 0 aliphatic heterocycles. The fourth-order valence-electron chi connectivity index (χ4n) is 2.36. The van der Waals surface area contributed by atoms with Crippen LogP contribution in [0.15, 0.2) is 0 Å². The van der Waals surface area contributed by atoms with Crippen molar-refractivity contribution in [1.82, 2.24) is 0 Å². The molecule has 0 unspecified atom stereocenters. The second-order valence-corrected chi connectivity index (χ2v) is 8.10. The summed E-state index contributed by atoms with van der Waals surface area (Å²) in [6.45, 7) is 2.57. The molecule has 0 N–H and O–H groups in total. The van der Waals surface area contributed by atoms with Gasteiger partial charge in [0.2, 0.25) is 0 Å². The molecule has 0 saturated carbocycles. The molecule has 0 heterocycles. The molecule has 0 aliphatic rings. The van der Waals surface area contributed by atoms with Crippen LogP contribution >= 0.6 is 58.0 Å². The average Bonchev–Trinajstić information content (AvgIpc) is 2.67. The maximum atomic E-state index is 12.0. The topological polar surface area (TPSA) is 52.6 Å². The standard InChI is InChI=1S/C19H23Cl5O4/c1-2-3-4-5-6-7-11-27-12(25)9-8-10-13(26)28-19-17(23)15(21)14(20)16(22)18(19)24/h2-11H2,1H3. The Morgan fingerprint density at radius 3 is 1.79 bits per heavy atom. The lowest BCUT2D eigenvalue weighted by Crippen LogP contribution is -2.11. The number of esters is 2. The monoisotopic (exact) mass is 490 g/mol. The lowest BCUT2D eigenvalue weighted by Gasteiger charge is -2.12. The summed E-state index contributed by atoms with van der Waals surface area (Å²) in [5, 5.41) is -0.343. The molecular weight excluding hydrogens is 469 g/mol. The summed E-state index contributed by atoms with van der Waals surface area (Å²) < 4.78 is 10.3. The number of carbonyl (C=O) groups is 2. The average molecular weight is 493 g/mol. The minimum atomic E-state index is -0.623. The minimum Gasteiger partial charge on any atom is -0.466 e. The van der Waals surface area contributed by atoms with E-state index in [0.29, 0.717) is 6.61 Å². The number of rotatable bonds is 12. The van der Waals surface area contributed by atoms with Crippen molar-refractivity contribution in [2.45, 2.75) is 64.7 Å². The van der Waals surface area contributed by atoms with E-state index in [1.165, 1.54) is 19.3 Å². The Morgan fingerprint density at radius 1 is 0.679 bits per heavy atom. The van der Waals surface area contributed by atoms with Gasteiger partial charge in [-0.1, -0.05) is 97.0 Å². The predicted molar refractivity (Wildman–Crippen MR) is 115 cm³/mol. The van der Waals surface area contributed by atoms with Crippen LogP contribution in [0.5, 0.6) is 5.75 Å². The van der Waals surface area contributed by atoms with E-state index in [1.807, 2.05) is 0 Å². The number of halogens is 5. The van der Waals surface area contributed by atoms with Crippen molar-refractivity contribution in [3.8, 4) is 5.75 Å². The molecule has 0 bridgehead atoms. The fourth-order valence-corrected chi connectivity index (χ4v) is 3.56. The molecule has 0 aromatic heterocycles. The molecule has 0 radical (unpaired) electrons. The summed E-state index contributed by atoms with van der Waals surface area (Å²) >= 11 is 29.7. The van der Waals surface area contributed by atoms with Crippen molar-refractivity contribution in [1.29, 1.82) is 0 Å². The summed E-state index contributed by atoms with van der Waals surface area (Å²) in [5.74, 6) is -1.12. The van der Waals surface area contributed by atoms with Crippen LogP contribution in [0, 0.1) is 0 Å². The van der Waals surface area contributed by atoms with Crippen LogP contribution in [-0.4, -0.2) is 18.5 Å². The van der Waals surface area contributed by atoms with Gasteiger partial charge in [-0.05, 0) is 12.8 Å². The third-order valence-electron chi connectivity index (χ3n) is 3.91. The van der Waals surface area contributed by atoms with E-state index in [0.717, 1.165) is 19.3 Å². The second kappa shape index (κ2) is 13.8. The molecule has 0 amide bonds. The molecule has 9 heteroatoms. The second-order valence-electron chi connectivity index (χ2n) is 6.21. The number of carbonyl (C=O) groups excluding carboxylic acids is 2. The van der Waals surface area contributed by atoms with Gasteiger partial charge in [-0.3, -0.25) is 9.59 Å². The van der Waals surface area contributed by atoms with E-state index in [2.05, 4.69) is 6.92 Å². The predicted octanol–water partition coefficient (Wildman–Crippen LogP) is 7.93. The van der Waals surface area contributed by atoms with E-state index in [-0.39, 0.29) is 56.1 Å². The zero-order chi connectivity index (χ0) is 21.1. The van der Waals surface area contributed by atoms with Gasteiger partial charge in [0.1, 0.15) is 10.0 Å². The molecule has 0 spiro atoms. The van der Waals surface area contributed by atoms with Gasteiger partial charge in [-0.15, -0.1) is 0 Å². The maximum absolute atomic E-state index is 12.0. The van der Waals surface area contributed by atoms with E-state index in [4.69, 9.17) is 67.5 Å². The van der Waals surface area contributed by atoms with Gasteiger partial charge in [0.05, 0.1) is 21.7 Å². The minimum absolute atomic E-state index is 0.0172. The Morgan fingerprint density at radius 2 is 1.18 bits per heavy atom. The summed E-state index contributed by atoms with van der Waals surface area (Å²) in [7, 11) is 0. The van der Waals surface area contributed by atoms with Crippen molar-refractivity contribution in [3.05, 3.63) is 25.1 Å². The first-order valence-corrected chi connectivity index (χ1v) is 11.1. The molecule has 1 aromatic rings. The van der Waals surface area contributed by atoms with Gasteiger partial charge >= 0.3 is 11.9 Å². The SMILES string of the molecule is CCCCCCCCOC(=O)CCCC(=O)Oc1c(Cl)c(Cl)c(Cl)c(Cl)c1Cl. The summed E-state index contributed by atoms with van der Waals surface area (Å²) in [4.78, 5) is 23.7. The van der Waals surface area contributed by atoms with E-state index < -0.39 is 5.97 Å². The fraction of sp³-hybridized carbons (Fsp3) is 0.579. The lowest BCUT2D eigenvalue weighted by molar-refractivity contribution is -0.144. The molecule has 1 rings (SSSR count). The van der Waals surface area contributed by atoms with Crippen LogP contribution < -0.4 is 4.74 Å². The molecule has 158 valence electrons. The van der Waals surface area contributed by atoms with Crippen LogP contribution in [0.1, 0.15) is 64.7 Å². The number of hydrogen-bond donors (Lipinski definition) is 0. The molecule has 0 atom stereocenters. The molecule has 28 heavy (non-hydrogen) atoms. The van der Waals surface area contributed by atoms with E-state index >= 15 is 0 Å². The van der Waals surface area contributed by atoms with Gasteiger partial charge in [-0.25, -0.2) is 0 Å². The Bertz CT molecular complexity index is 650. The highest BCUT2D eigenvalue weighted by atomic mass is 35.5. The molecule has 4 nitrogen and oxygen atoms in total. The summed E-state index contributed by atoms with van der Waals surface area (Å²) in [5.41, 5.74) is 0. The molecule has 0 fully saturated rings. The quantitative estimate of drug-likeness (QED) is 0.0977. The zero-order valence-electron chi connectivity index (χ0n) is 15.6. The van der Waals surface area contributed by atoms with Crippen molar-refractivity contribution in [2.75, 3.05) is 6.61 Å². The van der Waals surface area contributed by atoms with Crippen molar-refractivity contribution >= 4 is 69.9 Å². The molecule has 0 saturated heterocycles. The van der Waals surface area contributed by atoms with Crippen LogP contribution in [0.3, 0.4) is 0 Å². The first kappa shape index (κ1) is 25.6. The van der Waals surface area contributed by atoms with E-state index in [9.17, 15) is 9.59 Å². The van der Waals surface area contributed by atoms with Crippen molar-refractivity contribution in [2.24, 2.45) is 0 Å². The van der Waals surface area contributed by atoms with Crippen LogP contribution in [0.4, 0.5) is 0 Å². The Balaban J connectivity index is 2.32. The number of hydrogen-bond acceptors (Lipinski definition) is 4. The summed E-state index contributed by atoms with van der Waals surface area (Å²) in [6.07, 6.45) is 7.09. The number of ether oxygens (including phenoxy) is 2. The zero-order valence-corrected chi connectivity index (χ0v) is 19.4. The van der Waals surface area contributed by atoms with Crippen molar-refractivity contribution in [3.63, 3.8) is 0 Å². The van der Waals surface area contributed by atoms with Crippen LogP contribution in [0.2, 0.25) is 25.1 Å². The Hall–Kier alpha value is -0.390. The molecular formula is C19H23Cl5O4.